The highest BCUT2D eigenvalue weighted by atomic mass is 16.7. The van der Waals surface area contributed by atoms with Crippen LogP contribution in [0.1, 0.15) is 13.3 Å². The molecule has 1 heterocycles. The van der Waals surface area contributed by atoms with Gasteiger partial charge in [0.1, 0.15) is 6.10 Å². The third-order valence-electron chi connectivity index (χ3n) is 2.85. The van der Waals surface area contributed by atoms with Crippen LogP contribution in [-0.2, 0) is 14.2 Å². The van der Waals surface area contributed by atoms with Gasteiger partial charge in [-0.15, -0.1) is 0 Å². The number of rotatable bonds is 3. The largest absolute Gasteiger partial charge is 0.450 e. The first kappa shape index (κ1) is 13.2. The lowest BCUT2D eigenvalue weighted by atomic mass is 10.0. The topological polar surface area (TPSA) is 68.2 Å². The van der Waals surface area contributed by atoms with Gasteiger partial charge in [-0.05, 0) is 6.92 Å². The van der Waals surface area contributed by atoms with Crippen LogP contribution < -0.4 is 0 Å². The van der Waals surface area contributed by atoms with E-state index in [0.29, 0.717) is 19.6 Å². The zero-order valence-electron chi connectivity index (χ0n) is 9.93. The summed E-state index contributed by atoms with van der Waals surface area (Å²) in [5, 5.41) is 9.91. The normalized spacial score (nSPS) is 24.2. The summed E-state index contributed by atoms with van der Waals surface area (Å²) in [6, 6.07) is 0. The molecule has 0 spiro atoms. The highest BCUT2D eigenvalue weighted by Crippen LogP contribution is 2.27. The molecular formula is C10H19NO5. The Morgan fingerprint density at radius 3 is 2.56 bits per heavy atom. The third kappa shape index (κ3) is 2.45. The number of carbonyl (C=O) groups is 1. The molecule has 0 aromatic heterocycles. The van der Waals surface area contributed by atoms with Gasteiger partial charge in [0.2, 0.25) is 0 Å². The van der Waals surface area contributed by atoms with Crippen LogP contribution in [0, 0.1) is 0 Å². The zero-order valence-corrected chi connectivity index (χ0v) is 9.93. The van der Waals surface area contributed by atoms with Gasteiger partial charge in [0.15, 0.2) is 5.79 Å². The van der Waals surface area contributed by atoms with Gasteiger partial charge in [0.05, 0.1) is 13.2 Å². The fourth-order valence-corrected chi connectivity index (χ4v) is 1.84. The summed E-state index contributed by atoms with van der Waals surface area (Å²) in [7, 11) is 2.96. The van der Waals surface area contributed by atoms with E-state index in [1.165, 1.54) is 19.1 Å². The summed E-state index contributed by atoms with van der Waals surface area (Å²) >= 11 is 0. The van der Waals surface area contributed by atoms with E-state index in [1.807, 2.05) is 0 Å². The van der Waals surface area contributed by atoms with Crippen molar-refractivity contribution in [1.29, 1.82) is 0 Å². The minimum absolute atomic E-state index is 0.153. The molecule has 1 amide bonds. The first-order chi connectivity index (χ1) is 7.59. The molecule has 1 aliphatic rings. The number of hydrogen-bond acceptors (Lipinski definition) is 5. The number of amides is 1. The molecule has 0 unspecified atom stereocenters. The van der Waals surface area contributed by atoms with E-state index < -0.39 is 18.0 Å². The number of nitrogens with zero attached hydrogens (tertiary/aromatic N) is 1. The molecule has 0 aromatic carbocycles. The lowest BCUT2D eigenvalue weighted by Gasteiger charge is -2.42. The summed E-state index contributed by atoms with van der Waals surface area (Å²) in [6.45, 7) is 2.66. The fourth-order valence-electron chi connectivity index (χ4n) is 1.84. The van der Waals surface area contributed by atoms with E-state index in [1.54, 1.807) is 6.92 Å². The van der Waals surface area contributed by atoms with Crippen LogP contribution in [0.15, 0.2) is 0 Å². The lowest BCUT2D eigenvalue weighted by Crippen LogP contribution is -2.58. The second kappa shape index (κ2) is 5.47. The second-order valence-corrected chi connectivity index (χ2v) is 3.63. The number of piperidine rings is 1. The van der Waals surface area contributed by atoms with Gasteiger partial charge in [0, 0.05) is 27.2 Å². The van der Waals surface area contributed by atoms with E-state index in [-0.39, 0.29) is 6.54 Å². The predicted molar refractivity (Wildman–Crippen MR) is 56.0 cm³/mol. The van der Waals surface area contributed by atoms with Crippen LogP contribution in [0.2, 0.25) is 0 Å². The second-order valence-electron chi connectivity index (χ2n) is 3.63. The van der Waals surface area contributed by atoms with Crippen molar-refractivity contribution in [3.8, 4) is 0 Å². The number of hydrogen-bond donors (Lipinski definition) is 1. The predicted octanol–water partition coefficient (Wildman–Crippen LogP) is 0.199. The average Bonchev–Trinajstić information content (AvgIpc) is 2.30. The third-order valence-corrected chi connectivity index (χ3v) is 2.85. The van der Waals surface area contributed by atoms with Gasteiger partial charge in [-0.25, -0.2) is 4.79 Å². The molecule has 16 heavy (non-hydrogen) atoms. The Kier molecular flexibility index (Phi) is 4.52. The summed E-state index contributed by atoms with van der Waals surface area (Å²) in [5.41, 5.74) is 0. The van der Waals surface area contributed by atoms with E-state index >= 15 is 0 Å². The van der Waals surface area contributed by atoms with Gasteiger partial charge < -0.3 is 24.2 Å². The highest BCUT2D eigenvalue weighted by Gasteiger charge is 2.44. The van der Waals surface area contributed by atoms with E-state index in [2.05, 4.69) is 0 Å². The van der Waals surface area contributed by atoms with Crippen LogP contribution in [0.25, 0.3) is 0 Å². The Morgan fingerprint density at radius 1 is 1.50 bits per heavy atom. The van der Waals surface area contributed by atoms with Crippen LogP contribution in [0.5, 0.6) is 0 Å². The van der Waals surface area contributed by atoms with Crippen LogP contribution in [0.3, 0.4) is 0 Å². The number of likely N-dealkylation sites (tertiary alicyclic amines) is 1. The van der Waals surface area contributed by atoms with Gasteiger partial charge in [-0.2, -0.15) is 0 Å². The SMILES string of the molecule is CCOC(=O)N1CCC(OC)(OC)[C@@H](O)C1. The Bertz CT molecular complexity index is 241. The molecule has 1 fully saturated rings. The molecule has 1 atom stereocenters. The maximum absolute atomic E-state index is 11.4. The standard InChI is InChI=1S/C10H19NO5/c1-4-16-9(13)11-6-5-10(14-2,15-3)8(12)7-11/h8,12H,4-7H2,1-3H3/t8-/m0/s1. The zero-order chi connectivity index (χ0) is 12.2. The molecule has 6 heteroatoms. The van der Waals surface area contributed by atoms with Crippen LogP contribution >= 0.6 is 0 Å². The Morgan fingerprint density at radius 2 is 2.12 bits per heavy atom. The van der Waals surface area contributed by atoms with Crippen molar-refractivity contribution in [2.45, 2.75) is 25.2 Å². The van der Waals surface area contributed by atoms with Gasteiger partial charge in [0.25, 0.3) is 0 Å². The summed E-state index contributed by atoms with van der Waals surface area (Å²) < 4.78 is 15.2. The lowest BCUT2D eigenvalue weighted by molar-refractivity contribution is -0.276. The molecule has 0 radical (unpaired) electrons. The van der Waals surface area contributed by atoms with Crippen molar-refractivity contribution >= 4 is 6.09 Å². The molecule has 0 saturated carbocycles. The van der Waals surface area contributed by atoms with Crippen molar-refractivity contribution in [3.05, 3.63) is 0 Å². The summed E-state index contributed by atoms with van der Waals surface area (Å²) in [5.74, 6) is -1.01. The minimum Gasteiger partial charge on any atom is -0.450 e. The van der Waals surface area contributed by atoms with Crippen molar-refractivity contribution in [3.63, 3.8) is 0 Å². The van der Waals surface area contributed by atoms with E-state index in [4.69, 9.17) is 14.2 Å². The van der Waals surface area contributed by atoms with E-state index in [9.17, 15) is 9.90 Å². The summed E-state index contributed by atoms with van der Waals surface area (Å²) in [4.78, 5) is 12.9. The van der Waals surface area contributed by atoms with Crippen molar-refractivity contribution < 1.29 is 24.1 Å². The van der Waals surface area contributed by atoms with Gasteiger partial charge in [-0.1, -0.05) is 0 Å². The summed E-state index contributed by atoms with van der Waals surface area (Å²) in [6.07, 6.45) is -0.872. The van der Waals surface area contributed by atoms with Crippen molar-refractivity contribution in [2.75, 3.05) is 33.9 Å². The average molecular weight is 233 g/mol. The molecule has 6 nitrogen and oxygen atoms in total. The number of carbonyl (C=O) groups excluding carboxylic acids is 1. The number of methoxy groups -OCH3 is 2. The smallest absolute Gasteiger partial charge is 0.409 e. The van der Waals surface area contributed by atoms with Gasteiger partial charge in [-0.3, -0.25) is 0 Å². The van der Waals surface area contributed by atoms with Crippen molar-refractivity contribution in [1.82, 2.24) is 4.90 Å². The molecular weight excluding hydrogens is 214 g/mol. The Hall–Kier alpha value is -0.850. The molecule has 1 aliphatic heterocycles. The first-order valence-electron chi connectivity index (χ1n) is 5.29. The number of aliphatic hydroxyl groups excluding tert-OH is 1. The molecule has 1 rings (SSSR count). The quantitative estimate of drug-likeness (QED) is 0.705. The molecule has 0 aromatic rings. The van der Waals surface area contributed by atoms with Crippen LogP contribution in [-0.4, -0.2) is 61.9 Å². The molecule has 0 bridgehead atoms. The molecule has 1 saturated heterocycles. The molecule has 0 aliphatic carbocycles. The maximum Gasteiger partial charge on any atom is 0.409 e. The maximum atomic E-state index is 11.4. The van der Waals surface area contributed by atoms with Crippen molar-refractivity contribution in [2.24, 2.45) is 0 Å². The van der Waals surface area contributed by atoms with Crippen LogP contribution in [0.4, 0.5) is 4.79 Å². The number of aliphatic hydroxyl groups is 1. The van der Waals surface area contributed by atoms with Gasteiger partial charge >= 0.3 is 6.09 Å². The Balaban J connectivity index is 2.60. The van der Waals surface area contributed by atoms with E-state index in [0.717, 1.165) is 0 Å². The number of ether oxygens (including phenoxy) is 3. The first-order valence-corrected chi connectivity index (χ1v) is 5.29. The number of β-amino-alcohol motifs (C(OH)–C–C–N with tert-alkyl or cyclic N) is 1. The fraction of sp³-hybridized carbons (Fsp3) is 0.900. The monoisotopic (exact) mass is 233 g/mol. The highest BCUT2D eigenvalue weighted by molar-refractivity contribution is 5.67. The minimum atomic E-state index is -1.01. The molecule has 1 N–H and O–H groups in total. The molecule has 94 valence electrons. The Labute approximate surface area is 95.1 Å².